The Kier molecular flexibility index (Phi) is 7.76. The molecule has 5 heteroatoms. The van der Waals surface area contributed by atoms with Crippen molar-refractivity contribution in [2.45, 2.75) is 45.1 Å². The molecule has 2 N–H and O–H groups in total. The van der Waals surface area contributed by atoms with Crippen molar-refractivity contribution in [3.63, 3.8) is 0 Å². The molecule has 2 aromatic rings. The molecule has 1 fully saturated rings. The lowest BCUT2D eigenvalue weighted by atomic mass is 10.0. The minimum absolute atomic E-state index is 0.100. The zero-order valence-corrected chi connectivity index (χ0v) is 16.5. The lowest BCUT2D eigenvalue weighted by Crippen LogP contribution is -2.35. The highest BCUT2D eigenvalue weighted by Crippen LogP contribution is 2.25. The monoisotopic (exact) mass is 377 g/mol. The zero-order chi connectivity index (χ0) is 20.5. The van der Waals surface area contributed by atoms with E-state index in [4.69, 9.17) is 5.26 Å². The Morgan fingerprint density at radius 1 is 1.04 bits per heavy atom. The summed E-state index contributed by atoms with van der Waals surface area (Å²) in [6, 6.07) is 17.7. The molecule has 0 aromatic heterocycles. The second-order valence-electron chi connectivity index (χ2n) is 6.94. The van der Waals surface area contributed by atoms with Gasteiger partial charge in [-0.15, -0.1) is 0 Å². The van der Waals surface area contributed by atoms with E-state index in [9.17, 15) is 9.59 Å². The number of carbonyl (C=O) groups is 2. The number of benzene rings is 2. The molecule has 0 aliphatic heterocycles. The molecular formula is C23H27N3O2. The van der Waals surface area contributed by atoms with Gasteiger partial charge in [0.1, 0.15) is 0 Å². The van der Waals surface area contributed by atoms with Crippen LogP contribution in [0.15, 0.2) is 48.5 Å². The van der Waals surface area contributed by atoms with Crippen LogP contribution in [-0.2, 0) is 4.79 Å². The first kappa shape index (κ1) is 21.2. The lowest BCUT2D eigenvalue weighted by Gasteiger charge is -2.24. The van der Waals surface area contributed by atoms with Crippen LogP contribution in [0.5, 0.6) is 0 Å². The van der Waals surface area contributed by atoms with E-state index in [-0.39, 0.29) is 11.8 Å². The molecule has 146 valence electrons. The van der Waals surface area contributed by atoms with Crippen LogP contribution in [-0.4, -0.2) is 29.8 Å². The van der Waals surface area contributed by atoms with Crippen LogP contribution in [0.1, 0.15) is 54.9 Å². The molecule has 2 amide bonds. The third-order valence-corrected chi connectivity index (χ3v) is 5.02. The molecule has 0 heterocycles. The summed E-state index contributed by atoms with van der Waals surface area (Å²) in [5.74, 6) is -0.145. The quantitative estimate of drug-likeness (QED) is 0.869. The molecule has 0 spiro atoms. The van der Waals surface area contributed by atoms with Crippen molar-refractivity contribution in [2.75, 3.05) is 7.05 Å². The Balaban J connectivity index is 0.000000500. The fourth-order valence-corrected chi connectivity index (χ4v) is 3.20. The Bertz CT molecular complexity index is 830. The zero-order valence-electron chi connectivity index (χ0n) is 16.5. The standard InChI is InChI=1S/C20H20N2O.C3H7NO/c1-22(19-4-2-3-5-19)20(23)18-12-10-17(11-13-18)16-8-6-15(14-21)7-9-16;1-2-3(4)5/h6-13,19H,2-5H2,1H3;2H2,1H3,(H2,4,5). The molecule has 3 rings (SSSR count). The molecule has 0 bridgehead atoms. The highest BCUT2D eigenvalue weighted by molar-refractivity contribution is 5.94. The van der Waals surface area contributed by atoms with Gasteiger partial charge < -0.3 is 10.6 Å². The molecule has 1 aliphatic rings. The number of primary amides is 1. The summed E-state index contributed by atoms with van der Waals surface area (Å²) in [5.41, 5.74) is 8.14. The summed E-state index contributed by atoms with van der Waals surface area (Å²) >= 11 is 0. The average molecular weight is 377 g/mol. The van der Waals surface area contributed by atoms with Crippen LogP contribution in [0, 0.1) is 11.3 Å². The fourth-order valence-electron chi connectivity index (χ4n) is 3.20. The van der Waals surface area contributed by atoms with Gasteiger partial charge in [-0.25, -0.2) is 0 Å². The highest BCUT2D eigenvalue weighted by Gasteiger charge is 2.24. The molecule has 28 heavy (non-hydrogen) atoms. The maximum absolute atomic E-state index is 12.6. The Labute approximate surface area is 166 Å². The fraction of sp³-hybridized carbons (Fsp3) is 0.348. The summed E-state index contributed by atoms with van der Waals surface area (Å²) < 4.78 is 0. The summed E-state index contributed by atoms with van der Waals surface area (Å²) in [7, 11) is 1.91. The van der Waals surface area contributed by atoms with Gasteiger partial charge in [0, 0.05) is 25.1 Å². The van der Waals surface area contributed by atoms with Gasteiger partial charge in [0.05, 0.1) is 11.6 Å². The van der Waals surface area contributed by atoms with Crippen molar-refractivity contribution >= 4 is 11.8 Å². The van der Waals surface area contributed by atoms with E-state index in [2.05, 4.69) is 11.8 Å². The summed E-state index contributed by atoms with van der Waals surface area (Å²) in [5, 5.41) is 8.85. The molecular weight excluding hydrogens is 350 g/mol. The van der Waals surface area contributed by atoms with E-state index in [1.807, 2.05) is 60.5 Å². The maximum atomic E-state index is 12.6. The maximum Gasteiger partial charge on any atom is 0.253 e. The molecule has 1 saturated carbocycles. The normalized spacial score (nSPS) is 13.2. The van der Waals surface area contributed by atoms with Crippen LogP contribution in [0.2, 0.25) is 0 Å². The van der Waals surface area contributed by atoms with Crippen LogP contribution in [0.25, 0.3) is 11.1 Å². The van der Waals surface area contributed by atoms with Crippen molar-refractivity contribution in [1.82, 2.24) is 4.90 Å². The van der Waals surface area contributed by atoms with Gasteiger partial charge in [0.15, 0.2) is 0 Å². The average Bonchev–Trinajstić information content (AvgIpc) is 3.28. The number of nitrogens with zero attached hydrogens (tertiary/aromatic N) is 2. The minimum atomic E-state index is -0.245. The first-order valence-corrected chi connectivity index (χ1v) is 9.62. The van der Waals surface area contributed by atoms with Gasteiger partial charge >= 0.3 is 0 Å². The number of nitrogens with two attached hydrogens (primary N) is 1. The van der Waals surface area contributed by atoms with Gasteiger partial charge in [-0.05, 0) is 48.2 Å². The summed E-state index contributed by atoms with van der Waals surface area (Å²) in [4.78, 5) is 24.0. The van der Waals surface area contributed by atoms with E-state index in [0.717, 1.165) is 29.5 Å². The second kappa shape index (κ2) is 10.3. The van der Waals surface area contributed by atoms with Crippen molar-refractivity contribution in [2.24, 2.45) is 5.73 Å². The number of carbonyl (C=O) groups excluding carboxylic acids is 2. The highest BCUT2D eigenvalue weighted by atomic mass is 16.2. The van der Waals surface area contributed by atoms with Crippen LogP contribution in [0.3, 0.4) is 0 Å². The molecule has 0 atom stereocenters. The topological polar surface area (TPSA) is 87.2 Å². The first-order chi connectivity index (χ1) is 13.5. The summed E-state index contributed by atoms with van der Waals surface area (Å²) in [6.45, 7) is 1.72. The molecule has 1 aliphatic carbocycles. The Hall–Kier alpha value is -3.13. The minimum Gasteiger partial charge on any atom is -0.370 e. The second-order valence-corrected chi connectivity index (χ2v) is 6.94. The van der Waals surface area contributed by atoms with Crippen molar-refractivity contribution in [3.8, 4) is 17.2 Å². The van der Waals surface area contributed by atoms with Crippen LogP contribution < -0.4 is 5.73 Å². The van der Waals surface area contributed by atoms with Gasteiger partial charge in [-0.3, -0.25) is 9.59 Å². The third-order valence-electron chi connectivity index (χ3n) is 5.02. The summed E-state index contributed by atoms with van der Waals surface area (Å²) in [6.07, 6.45) is 5.12. The van der Waals surface area contributed by atoms with E-state index in [0.29, 0.717) is 18.0 Å². The third kappa shape index (κ3) is 5.68. The first-order valence-electron chi connectivity index (χ1n) is 9.62. The van der Waals surface area contributed by atoms with Crippen molar-refractivity contribution in [1.29, 1.82) is 5.26 Å². The lowest BCUT2D eigenvalue weighted by molar-refractivity contribution is -0.117. The number of nitriles is 1. The Morgan fingerprint density at radius 2 is 1.50 bits per heavy atom. The van der Waals surface area contributed by atoms with Crippen LogP contribution >= 0.6 is 0 Å². The van der Waals surface area contributed by atoms with E-state index >= 15 is 0 Å². The van der Waals surface area contributed by atoms with Crippen molar-refractivity contribution < 1.29 is 9.59 Å². The molecule has 2 aromatic carbocycles. The van der Waals surface area contributed by atoms with E-state index < -0.39 is 0 Å². The van der Waals surface area contributed by atoms with Gasteiger partial charge in [-0.2, -0.15) is 5.26 Å². The Morgan fingerprint density at radius 3 is 1.93 bits per heavy atom. The number of amides is 2. The number of hydrogen-bond donors (Lipinski definition) is 1. The largest absolute Gasteiger partial charge is 0.370 e. The van der Waals surface area contributed by atoms with E-state index in [1.54, 1.807) is 6.92 Å². The molecule has 5 nitrogen and oxygen atoms in total. The number of rotatable bonds is 4. The smallest absolute Gasteiger partial charge is 0.253 e. The predicted molar refractivity (Wildman–Crippen MR) is 110 cm³/mol. The number of hydrogen-bond acceptors (Lipinski definition) is 3. The SMILES string of the molecule is CCC(N)=O.CN(C(=O)c1ccc(-c2ccc(C#N)cc2)cc1)C1CCCC1. The van der Waals surface area contributed by atoms with E-state index in [1.165, 1.54) is 12.8 Å². The molecule has 0 saturated heterocycles. The van der Waals surface area contributed by atoms with Crippen molar-refractivity contribution in [3.05, 3.63) is 59.7 Å². The predicted octanol–water partition coefficient (Wildman–Crippen LogP) is 4.12. The van der Waals surface area contributed by atoms with Crippen LogP contribution in [0.4, 0.5) is 0 Å². The van der Waals surface area contributed by atoms with Gasteiger partial charge in [0.2, 0.25) is 5.91 Å². The molecule has 0 radical (unpaired) electrons. The van der Waals surface area contributed by atoms with Gasteiger partial charge in [0.25, 0.3) is 5.91 Å². The molecule has 0 unspecified atom stereocenters. The van der Waals surface area contributed by atoms with Gasteiger partial charge in [-0.1, -0.05) is 44.0 Å².